The highest BCUT2D eigenvalue weighted by Gasteiger charge is 2.72. The fraction of sp³-hybridized carbons (Fsp3) is 0.438. The maximum atomic E-state index is 11.6. The maximum Gasteiger partial charge on any atom is 0.322 e. The molecule has 4 rings (SSSR count). The van der Waals surface area contributed by atoms with E-state index in [4.69, 9.17) is 5.11 Å². The van der Waals surface area contributed by atoms with Crippen LogP contribution in [0.15, 0.2) is 30.3 Å². The van der Waals surface area contributed by atoms with Crippen LogP contribution in [0.2, 0.25) is 0 Å². The van der Waals surface area contributed by atoms with Crippen molar-refractivity contribution in [1.82, 2.24) is 10.6 Å². The smallest absolute Gasteiger partial charge is 0.322 e. The third kappa shape index (κ3) is 3.10. The van der Waals surface area contributed by atoms with Crippen molar-refractivity contribution < 1.29 is 30.3 Å². The second-order valence-electron chi connectivity index (χ2n) is 6.32. The molecule has 3 fully saturated rings. The number of hydrogen-bond acceptors (Lipinski definition) is 6. The van der Waals surface area contributed by atoms with Crippen LogP contribution in [0.5, 0.6) is 0 Å². The molecule has 0 bridgehead atoms. The molecule has 2 saturated heterocycles. The fourth-order valence-corrected chi connectivity index (χ4v) is 5.21. The van der Waals surface area contributed by atoms with Crippen molar-refractivity contribution >= 4 is 29.7 Å². The van der Waals surface area contributed by atoms with E-state index in [9.17, 15) is 19.5 Å². The summed E-state index contributed by atoms with van der Waals surface area (Å²) in [5.41, 5.74) is 3.86. The Labute approximate surface area is 148 Å². The number of imide groups is 1. The third-order valence-electron chi connectivity index (χ3n) is 4.76. The average molecular weight is 365 g/mol. The van der Waals surface area contributed by atoms with E-state index >= 15 is 0 Å². The van der Waals surface area contributed by atoms with Crippen molar-refractivity contribution in [3.8, 4) is 0 Å². The summed E-state index contributed by atoms with van der Waals surface area (Å²) in [6, 6.07) is 9.26. The summed E-state index contributed by atoms with van der Waals surface area (Å²) in [5.74, 6) is -2.00. The van der Waals surface area contributed by atoms with Gasteiger partial charge in [-0.25, -0.2) is 4.79 Å². The van der Waals surface area contributed by atoms with Crippen molar-refractivity contribution in [2.75, 3.05) is 12.4 Å². The number of carbonyl (C=O) groups excluding carboxylic acids is 3. The number of thioether (sulfide) groups is 1. The van der Waals surface area contributed by atoms with Crippen LogP contribution in [-0.4, -0.2) is 46.2 Å². The third-order valence-corrected chi connectivity index (χ3v) is 6.35. The molecule has 1 aliphatic carbocycles. The zero-order chi connectivity index (χ0) is 18.2. The SMILES string of the molecule is O=C1NC(=O)[C@@]2(CS[C@H]3[C@H](C(=O)[O-])[C@H]32)N1.[NH3+][C@@H](CO)c1ccccc1. The van der Waals surface area contributed by atoms with E-state index in [-0.39, 0.29) is 23.8 Å². The normalized spacial score (nSPS) is 33.0. The Bertz CT molecular complexity index is 700. The minimum atomic E-state index is -1.13. The lowest BCUT2D eigenvalue weighted by Crippen LogP contribution is -2.55. The molecule has 3 amide bonds. The Morgan fingerprint density at radius 1 is 1.40 bits per heavy atom. The van der Waals surface area contributed by atoms with Gasteiger partial charge in [-0.3, -0.25) is 10.1 Å². The monoisotopic (exact) mass is 365 g/mol. The predicted molar refractivity (Wildman–Crippen MR) is 86.8 cm³/mol. The fourth-order valence-electron chi connectivity index (χ4n) is 3.35. The number of urea groups is 1. The van der Waals surface area contributed by atoms with Crippen molar-refractivity contribution in [3.05, 3.63) is 35.9 Å². The van der Waals surface area contributed by atoms with Crippen LogP contribution >= 0.6 is 11.8 Å². The van der Waals surface area contributed by atoms with Gasteiger partial charge in [-0.2, -0.15) is 11.8 Å². The summed E-state index contributed by atoms with van der Waals surface area (Å²) in [5, 5.41) is 24.1. The number of aliphatic hydroxyl groups excluding tert-OH is 1. The molecule has 0 unspecified atom stereocenters. The Morgan fingerprint density at radius 2 is 2.08 bits per heavy atom. The number of carbonyl (C=O) groups is 3. The highest BCUT2D eigenvalue weighted by molar-refractivity contribution is 8.00. The molecule has 6 N–H and O–H groups in total. The van der Waals surface area contributed by atoms with Gasteiger partial charge in [-0.1, -0.05) is 30.3 Å². The van der Waals surface area contributed by atoms with Gasteiger partial charge in [-0.05, 0) is 0 Å². The number of hydrogen-bond donors (Lipinski definition) is 4. The van der Waals surface area contributed by atoms with E-state index in [0.29, 0.717) is 5.75 Å². The van der Waals surface area contributed by atoms with Crippen molar-refractivity contribution in [2.45, 2.75) is 16.8 Å². The number of fused-ring (bicyclic) bond motifs is 2. The molecule has 9 heteroatoms. The highest BCUT2D eigenvalue weighted by Crippen LogP contribution is 2.61. The summed E-state index contributed by atoms with van der Waals surface area (Å²) in [4.78, 5) is 33.4. The molecular formula is C16H19N3O5S. The number of carboxylic acid groups (broad SMARTS) is 1. The van der Waals surface area contributed by atoms with Crippen molar-refractivity contribution in [3.63, 3.8) is 0 Å². The van der Waals surface area contributed by atoms with E-state index in [1.807, 2.05) is 30.3 Å². The molecule has 1 aromatic carbocycles. The van der Waals surface area contributed by atoms with E-state index in [1.54, 1.807) is 0 Å². The summed E-state index contributed by atoms with van der Waals surface area (Å²) in [6.07, 6.45) is 0. The maximum absolute atomic E-state index is 11.6. The van der Waals surface area contributed by atoms with Crippen molar-refractivity contribution in [1.29, 1.82) is 0 Å². The summed E-state index contributed by atoms with van der Waals surface area (Å²) >= 11 is 1.41. The Kier molecular flexibility index (Phi) is 4.72. The quantitative estimate of drug-likeness (QED) is 0.441. The average Bonchev–Trinajstić information content (AvgIpc) is 3.14. The number of benzene rings is 1. The molecule has 2 aliphatic heterocycles. The molecule has 1 aromatic rings. The number of rotatable bonds is 3. The van der Waals surface area contributed by atoms with Crippen LogP contribution in [0.4, 0.5) is 4.79 Å². The zero-order valence-corrected chi connectivity index (χ0v) is 14.1. The van der Waals surface area contributed by atoms with Gasteiger partial charge in [-0.15, -0.1) is 0 Å². The second-order valence-corrected chi connectivity index (χ2v) is 7.48. The van der Waals surface area contributed by atoms with Gasteiger partial charge < -0.3 is 26.1 Å². The highest BCUT2D eigenvalue weighted by atomic mass is 32.2. The lowest BCUT2D eigenvalue weighted by atomic mass is 9.94. The molecular weight excluding hydrogens is 346 g/mol. The Hall–Kier alpha value is -2.10. The predicted octanol–water partition coefficient (Wildman–Crippen LogP) is -2.36. The molecule has 1 spiro atoms. The minimum absolute atomic E-state index is 0.0150. The van der Waals surface area contributed by atoms with E-state index < -0.39 is 29.4 Å². The van der Waals surface area contributed by atoms with Gasteiger partial charge in [0.1, 0.15) is 11.6 Å². The lowest BCUT2D eigenvalue weighted by Gasteiger charge is -2.22. The van der Waals surface area contributed by atoms with Crippen molar-refractivity contribution in [2.24, 2.45) is 11.8 Å². The van der Waals surface area contributed by atoms with Gasteiger partial charge >= 0.3 is 6.03 Å². The van der Waals surface area contributed by atoms with Gasteiger partial charge in [0.2, 0.25) is 0 Å². The molecule has 0 aromatic heterocycles. The molecule has 1 saturated carbocycles. The second kappa shape index (κ2) is 6.66. The lowest BCUT2D eigenvalue weighted by molar-refractivity contribution is -0.432. The minimum Gasteiger partial charge on any atom is -0.550 e. The molecule has 8 nitrogen and oxygen atoms in total. The van der Waals surface area contributed by atoms with Gasteiger partial charge in [0.25, 0.3) is 5.91 Å². The Balaban J connectivity index is 0.000000160. The zero-order valence-electron chi connectivity index (χ0n) is 13.3. The van der Waals surface area contributed by atoms with Crippen LogP contribution < -0.4 is 21.5 Å². The van der Waals surface area contributed by atoms with E-state index in [2.05, 4.69) is 16.4 Å². The molecule has 5 atom stereocenters. The Morgan fingerprint density at radius 3 is 2.56 bits per heavy atom. The summed E-state index contributed by atoms with van der Waals surface area (Å²) < 4.78 is 0. The molecule has 134 valence electrons. The first-order valence-electron chi connectivity index (χ1n) is 7.85. The largest absolute Gasteiger partial charge is 0.550 e. The topological polar surface area (TPSA) is 146 Å². The van der Waals surface area contributed by atoms with Crippen LogP contribution in [0, 0.1) is 11.8 Å². The first kappa shape index (κ1) is 17.7. The number of carboxylic acids is 1. The number of aliphatic hydroxyl groups is 1. The van der Waals surface area contributed by atoms with E-state index in [0.717, 1.165) is 5.56 Å². The van der Waals surface area contributed by atoms with Gasteiger partial charge in [0.15, 0.2) is 0 Å². The number of aliphatic carboxylic acids is 1. The molecule has 3 aliphatic rings. The summed E-state index contributed by atoms with van der Waals surface area (Å²) in [6.45, 7) is 0.115. The van der Waals surface area contributed by atoms with Gasteiger partial charge in [0.05, 0.1) is 6.61 Å². The molecule has 25 heavy (non-hydrogen) atoms. The molecule has 2 heterocycles. The number of quaternary nitrogens is 1. The summed E-state index contributed by atoms with van der Waals surface area (Å²) in [7, 11) is 0. The number of amides is 3. The molecule has 0 radical (unpaired) electrons. The van der Waals surface area contributed by atoms with E-state index in [1.165, 1.54) is 11.8 Å². The van der Waals surface area contributed by atoms with Gasteiger partial charge in [0, 0.05) is 34.4 Å². The number of nitrogens with one attached hydrogen (secondary N) is 2. The van der Waals surface area contributed by atoms with Crippen LogP contribution in [0.3, 0.4) is 0 Å². The first-order chi connectivity index (χ1) is 11.9. The van der Waals surface area contributed by atoms with Crippen LogP contribution in [-0.2, 0) is 9.59 Å². The van der Waals surface area contributed by atoms with Crippen LogP contribution in [0.25, 0.3) is 0 Å². The standard InChI is InChI=1S/C8H8N2O4S.C8H11NO/c11-5(12)2-3-4(2)15-1-8(3)6(13)9-7(14)10-8;9-8(6-10)7-4-2-1-3-5-7/h2-4H,1H2,(H,11,12)(H2,9,10,13,14);1-5,8,10H,6,9H2/t2-,3-,4+,8+;8-/m10/s1. The van der Waals surface area contributed by atoms with Crippen LogP contribution in [0.1, 0.15) is 11.6 Å². The first-order valence-corrected chi connectivity index (χ1v) is 8.90.